The fourth-order valence-corrected chi connectivity index (χ4v) is 3.24. The SMILES string of the molecule is [2H]C([2H])([2H])Oc1cc2c(cc1OC)C1([2H])CC(=O)C(CC(C)C)CN1C([2H])([2H])C2([2H])[2H]. The second kappa shape index (κ2) is 6.52. The van der Waals surface area contributed by atoms with Crippen LogP contribution in [0.5, 0.6) is 11.5 Å². The van der Waals surface area contributed by atoms with Gasteiger partial charge >= 0.3 is 0 Å². The third-order valence-corrected chi connectivity index (χ3v) is 4.33. The number of hydrogen-bond acceptors (Lipinski definition) is 4. The Bertz CT molecular complexity index is 886. The number of carbonyl (C=O) groups excluding carboxylic acids is 1. The quantitative estimate of drug-likeness (QED) is 0.852. The minimum absolute atomic E-state index is 0.0311. The van der Waals surface area contributed by atoms with Gasteiger partial charge in [0.15, 0.2) is 11.5 Å². The van der Waals surface area contributed by atoms with E-state index in [1.807, 2.05) is 13.8 Å². The highest BCUT2D eigenvalue weighted by Gasteiger charge is 2.38. The molecule has 2 aliphatic rings. The Kier molecular flexibility index (Phi) is 2.57. The predicted octanol–water partition coefficient (Wildman–Crippen LogP) is 3.24. The van der Waals surface area contributed by atoms with Crippen molar-refractivity contribution in [3.05, 3.63) is 23.3 Å². The van der Waals surface area contributed by atoms with Crippen molar-refractivity contribution in [2.75, 3.05) is 27.2 Å². The molecule has 3 rings (SSSR count). The third-order valence-electron chi connectivity index (χ3n) is 4.33. The molecule has 4 heteroatoms. The summed E-state index contributed by atoms with van der Waals surface area (Å²) in [6.45, 7) is 1.20. The molecule has 2 atom stereocenters. The molecule has 1 aromatic carbocycles. The Morgan fingerprint density at radius 3 is 2.91 bits per heavy atom. The van der Waals surface area contributed by atoms with Crippen molar-refractivity contribution in [1.82, 2.24) is 4.90 Å². The van der Waals surface area contributed by atoms with E-state index in [2.05, 4.69) is 0 Å². The molecule has 0 aliphatic carbocycles. The number of ketones is 1. The van der Waals surface area contributed by atoms with Crippen LogP contribution in [0, 0.1) is 11.8 Å². The molecule has 2 heterocycles. The number of rotatable bonds is 4. The monoisotopic (exact) mass is 325 g/mol. The van der Waals surface area contributed by atoms with Crippen molar-refractivity contribution in [2.45, 2.75) is 39.1 Å². The van der Waals surface area contributed by atoms with Crippen molar-refractivity contribution >= 4 is 5.78 Å². The number of nitrogens with zero attached hydrogens (tertiary/aromatic N) is 1. The van der Waals surface area contributed by atoms with Crippen LogP contribution in [0.4, 0.5) is 0 Å². The van der Waals surface area contributed by atoms with Crippen molar-refractivity contribution < 1.29 is 25.2 Å². The van der Waals surface area contributed by atoms with E-state index in [9.17, 15) is 4.79 Å². The van der Waals surface area contributed by atoms with Gasteiger partial charge in [0.25, 0.3) is 0 Å². The summed E-state index contributed by atoms with van der Waals surface area (Å²) in [7, 11) is -1.55. The summed E-state index contributed by atoms with van der Waals surface area (Å²) in [5, 5.41) is 0. The van der Waals surface area contributed by atoms with Gasteiger partial charge in [0, 0.05) is 36.9 Å². The summed E-state index contributed by atoms with van der Waals surface area (Å²) in [5.74, 6) is -0.794. The maximum atomic E-state index is 12.9. The number of carbonyl (C=O) groups is 1. The van der Waals surface area contributed by atoms with Gasteiger partial charge in [0.1, 0.15) is 5.78 Å². The molecule has 0 radical (unpaired) electrons. The molecule has 0 saturated carbocycles. The Balaban J connectivity index is 2.22. The largest absolute Gasteiger partial charge is 0.493 e. The molecule has 1 fully saturated rings. The molecule has 0 N–H and O–H groups in total. The highest BCUT2D eigenvalue weighted by atomic mass is 16.5. The molecule has 1 saturated heterocycles. The molecule has 23 heavy (non-hydrogen) atoms. The molecule has 0 aromatic heterocycles. The lowest BCUT2D eigenvalue weighted by Gasteiger charge is -2.43. The van der Waals surface area contributed by atoms with Crippen LogP contribution in [0.15, 0.2) is 12.1 Å². The van der Waals surface area contributed by atoms with Crippen LogP contribution in [0.1, 0.15) is 54.8 Å². The molecule has 0 spiro atoms. The van der Waals surface area contributed by atoms with Crippen LogP contribution in [-0.2, 0) is 11.2 Å². The summed E-state index contributed by atoms with van der Waals surface area (Å²) in [6, 6.07) is 0.511. The Hall–Kier alpha value is -1.55. The summed E-state index contributed by atoms with van der Waals surface area (Å²) in [5.41, 5.74) is -0.155. The number of Topliss-reactive ketones (excluding diaryl/α,β-unsaturated/α-hetero) is 1. The first-order valence-electron chi connectivity index (χ1n) is 11.8. The molecule has 1 aromatic rings. The number of aryl methyl sites for hydroxylation is 1. The number of hydrogen-bond donors (Lipinski definition) is 0. The third kappa shape index (κ3) is 3.09. The van der Waals surface area contributed by atoms with Gasteiger partial charge in [-0.3, -0.25) is 9.69 Å². The Morgan fingerprint density at radius 2 is 2.22 bits per heavy atom. The number of fused-ring (bicyclic) bond motifs is 3. The van der Waals surface area contributed by atoms with Gasteiger partial charge in [-0.2, -0.15) is 0 Å². The highest BCUT2D eigenvalue weighted by Crippen LogP contribution is 2.42. The lowest BCUT2D eigenvalue weighted by atomic mass is 9.80. The van der Waals surface area contributed by atoms with E-state index >= 15 is 0 Å². The lowest BCUT2D eigenvalue weighted by molar-refractivity contribution is -0.129. The molecule has 0 bridgehead atoms. The molecule has 2 unspecified atom stereocenters. The standard InChI is InChI=1S/C19H27NO3/c1-12(2)7-14-11-20-6-5-13-8-18(22-3)19(23-4)9-15(13)16(20)10-17(14)21/h8-9,12,14,16H,5-7,10-11H2,1-4H3/i3D3,5D2,6D2,16D. The smallest absolute Gasteiger partial charge is 0.161 e. The number of ether oxygens (including phenoxy) is 2. The van der Waals surface area contributed by atoms with Gasteiger partial charge in [-0.05, 0) is 42.0 Å². The van der Waals surface area contributed by atoms with Gasteiger partial charge in [-0.25, -0.2) is 0 Å². The number of piperidine rings is 1. The van der Waals surface area contributed by atoms with E-state index in [-0.39, 0.29) is 47.3 Å². The van der Waals surface area contributed by atoms with Gasteiger partial charge in [-0.15, -0.1) is 0 Å². The average Bonchev–Trinajstić information content (AvgIpc) is 2.60. The molecular weight excluding hydrogens is 290 g/mol. The molecule has 2 aliphatic heterocycles. The second-order valence-corrected chi connectivity index (χ2v) is 6.41. The van der Waals surface area contributed by atoms with Crippen LogP contribution >= 0.6 is 0 Å². The van der Waals surface area contributed by atoms with E-state index in [0.717, 1.165) is 11.0 Å². The average molecular weight is 325 g/mol. The number of methoxy groups -OCH3 is 2. The van der Waals surface area contributed by atoms with Gasteiger partial charge in [0.2, 0.25) is 0 Å². The van der Waals surface area contributed by atoms with Crippen LogP contribution < -0.4 is 9.47 Å². The predicted molar refractivity (Wildman–Crippen MR) is 90.1 cm³/mol. The summed E-state index contributed by atoms with van der Waals surface area (Å²) in [6.07, 6.45) is -2.39. The summed E-state index contributed by atoms with van der Waals surface area (Å²) < 4.78 is 75.7. The summed E-state index contributed by atoms with van der Waals surface area (Å²) >= 11 is 0. The first-order valence-corrected chi connectivity index (χ1v) is 7.77. The van der Waals surface area contributed by atoms with E-state index in [1.54, 1.807) is 0 Å². The van der Waals surface area contributed by atoms with Crippen LogP contribution in [0.2, 0.25) is 0 Å². The maximum absolute atomic E-state index is 12.9. The zero-order valence-corrected chi connectivity index (χ0v) is 13.6. The minimum atomic E-state index is -2.84. The first-order chi connectivity index (χ1) is 14.0. The van der Waals surface area contributed by atoms with Crippen LogP contribution in [0.25, 0.3) is 0 Å². The minimum Gasteiger partial charge on any atom is -0.493 e. The van der Waals surface area contributed by atoms with Crippen LogP contribution in [-0.4, -0.2) is 37.9 Å². The fraction of sp³-hybridized carbons (Fsp3) is 0.632. The van der Waals surface area contributed by atoms with E-state index in [1.165, 1.54) is 13.2 Å². The van der Waals surface area contributed by atoms with Gasteiger partial charge < -0.3 is 9.47 Å². The fourth-order valence-electron chi connectivity index (χ4n) is 3.24. The van der Waals surface area contributed by atoms with E-state index < -0.39 is 31.8 Å². The topological polar surface area (TPSA) is 38.8 Å². The van der Waals surface area contributed by atoms with E-state index in [0.29, 0.717) is 6.42 Å². The zero-order valence-electron chi connectivity index (χ0n) is 21.6. The summed E-state index contributed by atoms with van der Waals surface area (Å²) in [4.78, 5) is 14.0. The Labute approximate surface area is 150 Å². The van der Waals surface area contributed by atoms with Crippen LogP contribution in [0.3, 0.4) is 0 Å². The molecule has 126 valence electrons. The Morgan fingerprint density at radius 1 is 1.43 bits per heavy atom. The molecular formula is C19H27NO3. The molecule has 0 amide bonds. The van der Waals surface area contributed by atoms with Crippen molar-refractivity contribution in [2.24, 2.45) is 11.8 Å². The van der Waals surface area contributed by atoms with Crippen molar-refractivity contribution in [3.63, 3.8) is 0 Å². The lowest BCUT2D eigenvalue weighted by Crippen LogP contribution is -2.46. The van der Waals surface area contributed by atoms with Gasteiger partial charge in [-0.1, -0.05) is 13.8 Å². The normalized spacial score (nSPS) is 37.6. The van der Waals surface area contributed by atoms with Gasteiger partial charge in [0.05, 0.1) is 19.6 Å². The maximum Gasteiger partial charge on any atom is 0.161 e. The first kappa shape index (κ1) is 9.07. The van der Waals surface area contributed by atoms with Crippen molar-refractivity contribution in [1.29, 1.82) is 0 Å². The second-order valence-electron chi connectivity index (χ2n) is 6.41. The highest BCUT2D eigenvalue weighted by molar-refractivity contribution is 5.83. The zero-order chi connectivity index (χ0) is 23.6. The van der Waals surface area contributed by atoms with E-state index in [4.69, 9.17) is 20.4 Å². The number of benzene rings is 1. The van der Waals surface area contributed by atoms with Crippen molar-refractivity contribution in [3.8, 4) is 11.5 Å². The molecule has 4 nitrogen and oxygen atoms in total.